The van der Waals surface area contributed by atoms with Crippen LogP contribution in [0.15, 0.2) is 11.6 Å². The molecule has 0 radical (unpaired) electrons. The van der Waals surface area contributed by atoms with E-state index in [-0.39, 0.29) is 17.2 Å². The summed E-state index contributed by atoms with van der Waals surface area (Å²) in [6.07, 6.45) is 15.2. The van der Waals surface area contributed by atoms with Crippen molar-refractivity contribution in [2.24, 2.45) is 52.3 Å². The molecular weight excluding hydrogens is 430 g/mol. The number of amides is 1. The first-order valence-corrected chi connectivity index (χ1v) is 15.0. The molecule has 4 aliphatic rings. The number of fused-ring (bicyclic) bond motifs is 5. The van der Waals surface area contributed by atoms with Gasteiger partial charge in [0.1, 0.15) is 0 Å². The van der Waals surface area contributed by atoms with Gasteiger partial charge in [-0.25, -0.2) is 0 Å². The predicted molar refractivity (Wildman–Crippen MR) is 146 cm³/mol. The molecule has 4 rings (SSSR count). The minimum absolute atomic E-state index is 0.103. The molecular formula is C32H55NO2. The first-order valence-electron chi connectivity index (χ1n) is 15.0. The van der Waals surface area contributed by atoms with E-state index in [2.05, 4.69) is 47.6 Å². The summed E-state index contributed by atoms with van der Waals surface area (Å²) in [6.45, 7) is 14.4. The van der Waals surface area contributed by atoms with Crippen LogP contribution in [0.1, 0.15) is 112 Å². The molecule has 1 amide bonds. The average molecular weight is 486 g/mol. The summed E-state index contributed by atoms with van der Waals surface area (Å²) >= 11 is 0. The molecule has 9 atom stereocenters. The lowest BCUT2D eigenvalue weighted by atomic mass is 9.43. The van der Waals surface area contributed by atoms with Crippen LogP contribution >= 0.6 is 0 Å². The average Bonchev–Trinajstić information content (AvgIpc) is 3.15. The van der Waals surface area contributed by atoms with E-state index in [1.165, 1.54) is 50.5 Å². The van der Waals surface area contributed by atoms with E-state index in [9.17, 15) is 9.90 Å². The first-order chi connectivity index (χ1) is 16.4. The third kappa shape index (κ3) is 4.55. The molecule has 4 aliphatic carbocycles. The molecule has 200 valence electrons. The molecule has 0 bridgehead atoms. The van der Waals surface area contributed by atoms with Crippen LogP contribution in [-0.2, 0) is 4.79 Å². The number of hydrogen-bond acceptors (Lipinski definition) is 2. The maximum atomic E-state index is 13.6. The van der Waals surface area contributed by atoms with Crippen molar-refractivity contribution in [3.63, 3.8) is 0 Å². The Balaban J connectivity index is 1.61. The lowest BCUT2D eigenvalue weighted by Gasteiger charge is -2.61. The fourth-order valence-electron chi connectivity index (χ4n) is 9.81. The Bertz CT molecular complexity index is 816. The van der Waals surface area contributed by atoms with Crippen molar-refractivity contribution in [2.45, 2.75) is 118 Å². The Hall–Kier alpha value is -0.830. The quantitative estimate of drug-likeness (QED) is 0.380. The number of aliphatic hydroxyl groups is 1. The summed E-state index contributed by atoms with van der Waals surface area (Å²) in [5.74, 6) is 4.67. The summed E-state index contributed by atoms with van der Waals surface area (Å²) in [7, 11) is 3.80. The number of carbonyl (C=O) groups excluding carboxylic acids is 1. The van der Waals surface area contributed by atoms with Crippen LogP contribution in [0, 0.1) is 52.3 Å². The van der Waals surface area contributed by atoms with Crippen LogP contribution in [0.2, 0.25) is 0 Å². The van der Waals surface area contributed by atoms with Gasteiger partial charge in [-0.05, 0) is 92.3 Å². The number of allylic oxidation sites excluding steroid dienone is 1. The van der Waals surface area contributed by atoms with Gasteiger partial charge in [0.05, 0.1) is 11.5 Å². The van der Waals surface area contributed by atoms with Crippen molar-refractivity contribution in [2.75, 3.05) is 14.1 Å². The monoisotopic (exact) mass is 485 g/mol. The van der Waals surface area contributed by atoms with Gasteiger partial charge in [0, 0.05) is 19.5 Å². The standard InChI is InChI=1S/C32H55NO2/c1-9-32(35)19-23-13-14-24-26-16-15-25(22(4)12-10-11-21(2)3)30(26,5)18-17-27(24)31(23,6)28(20-32)29(34)33(7)8/h13,21-22,24-28,35H,9-12,14-20H2,1-8H3/t22-,24+,25-,26+,27+,28?,30-,31-,32-/m1/s1. The van der Waals surface area contributed by atoms with Crippen molar-refractivity contribution in [1.82, 2.24) is 4.90 Å². The van der Waals surface area contributed by atoms with E-state index in [4.69, 9.17) is 0 Å². The van der Waals surface area contributed by atoms with Gasteiger partial charge in [-0.1, -0.05) is 72.5 Å². The summed E-state index contributed by atoms with van der Waals surface area (Å²) in [4.78, 5) is 15.4. The Kier molecular flexibility index (Phi) is 7.62. The van der Waals surface area contributed by atoms with Crippen LogP contribution in [0.3, 0.4) is 0 Å². The largest absolute Gasteiger partial charge is 0.390 e. The summed E-state index contributed by atoms with van der Waals surface area (Å²) < 4.78 is 0. The van der Waals surface area contributed by atoms with Crippen LogP contribution in [-0.4, -0.2) is 35.6 Å². The van der Waals surface area contributed by atoms with E-state index in [1.54, 1.807) is 4.90 Å². The molecule has 35 heavy (non-hydrogen) atoms. The zero-order valence-corrected chi connectivity index (χ0v) is 24.2. The highest BCUT2D eigenvalue weighted by Crippen LogP contribution is 2.69. The lowest BCUT2D eigenvalue weighted by molar-refractivity contribution is -0.152. The molecule has 1 unspecified atom stereocenters. The first kappa shape index (κ1) is 27.2. The normalized spacial score (nSPS) is 43.7. The van der Waals surface area contributed by atoms with E-state index >= 15 is 0 Å². The fraction of sp³-hybridized carbons (Fsp3) is 0.906. The van der Waals surface area contributed by atoms with Gasteiger partial charge < -0.3 is 10.0 Å². The fourth-order valence-corrected chi connectivity index (χ4v) is 9.81. The maximum absolute atomic E-state index is 13.6. The molecule has 3 nitrogen and oxygen atoms in total. The summed E-state index contributed by atoms with van der Waals surface area (Å²) in [6, 6.07) is 0. The zero-order chi connectivity index (χ0) is 25.8. The zero-order valence-electron chi connectivity index (χ0n) is 24.2. The third-order valence-electron chi connectivity index (χ3n) is 12.0. The van der Waals surface area contributed by atoms with Gasteiger partial charge in [-0.15, -0.1) is 0 Å². The van der Waals surface area contributed by atoms with Crippen molar-refractivity contribution >= 4 is 5.91 Å². The SMILES string of the molecule is CC[C@@]1(O)CC2=CC[C@H]3[C@@H]4CC[C@H]([C@H](C)CCCC(C)C)[C@@]4(C)CC[C@@H]3[C@]2(C)C(C(=O)N(C)C)C1. The highest BCUT2D eigenvalue weighted by Gasteiger charge is 2.63. The van der Waals surface area contributed by atoms with Gasteiger partial charge >= 0.3 is 0 Å². The van der Waals surface area contributed by atoms with Crippen molar-refractivity contribution in [3.05, 3.63) is 11.6 Å². The second-order valence-corrected chi connectivity index (χ2v) is 14.4. The molecule has 0 heterocycles. The van der Waals surface area contributed by atoms with Crippen LogP contribution in [0.5, 0.6) is 0 Å². The molecule has 0 spiro atoms. The molecule has 0 aromatic carbocycles. The molecule has 1 N–H and O–H groups in total. The van der Waals surface area contributed by atoms with Crippen LogP contribution < -0.4 is 0 Å². The minimum atomic E-state index is -0.735. The Morgan fingerprint density at radius 2 is 1.83 bits per heavy atom. The summed E-state index contributed by atoms with van der Waals surface area (Å²) in [5.41, 5.74) is 1.02. The number of nitrogens with zero attached hydrogens (tertiary/aromatic N) is 1. The van der Waals surface area contributed by atoms with Gasteiger partial charge in [-0.3, -0.25) is 4.79 Å². The van der Waals surface area contributed by atoms with E-state index < -0.39 is 5.60 Å². The van der Waals surface area contributed by atoms with Crippen LogP contribution in [0.25, 0.3) is 0 Å². The molecule has 0 aromatic heterocycles. The summed E-state index contributed by atoms with van der Waals surface area (Å²) in [5, 5.41) is 11.4. The number of carbonyl (C=O) groups is 1. The van der Waals surface area contributed by atoms with Gasteiger partial charge in [0.15, 0.2) is 0 Å². The van der Waals surface area contributed by atoms with Gasteiger partial charge in [0.25, 0.3) is 0 Å². The molecule has 3 saturated carbocycles. The van der Waals surface area contributed by atoms with Gasteiger partial charge in [-0.2, -0.15) is 0 Å². The van der Waals surface area contributed by atoms with E-state index in [0.29, 0.717) is 23.7 Å². The van der Waals surface area contributed by atoms with E-state index in [0.717, 1.165) is 42.9 Å². The molecule has 0 aromatic rings. The van der Waals surface area contributed by atoms with Crippen LogP contribution in [0.4, 0.5) is 0 Å². The van der Waals surface area contributed by atoms with Crippen molar-refractivity contribution in [1.29, 1.82) is 0 Å². The highest BCUT2D eigenvalue weighted by atomic mass is 16.3. The topological polar surface area (TPSA) is 40.5 Å². The molecule has 0 saturated heterocycles. The van der Waals surface area contributed by atoms with Crippen molar-refractivity contribution in [3.8, 4) is 0 Å². The minimum Gasteiger partial charge on any atom is -0.390 e. The molecule has 3 fully saturated rings. The smallest absolute Gasteiger partial charge is 0.226 e. The maximum Gasteiger partial charge on any atom is 0.226 e. The third-order valence-corrected chi connectivity index (χ3v) is 12.0. The molecule has 3 heteroatoms. The second kappa shape index (κ2) is 9.80. The number of hydrogen-bond donors (Lipinski definition) is 1. The number of rotatable bonds is 7. The van der Waals surface area contributed by atoms with Gasteiger partial charge in [0.2, 0.25) is 5.91 Å². The Labute approximate surface area is 216 Å². The Morgan fingerprint density at radius 3 is 2.46 bits per heavy atom. The second-order valence-electron chi connectivity index (χ2n) is 14.4. The highest BCUT2D eigenvalue weighted by molar-refractivity contribution is 5.80. The Morgan fingerprint density at radius 1 is 1.11 bits per heavy atom. The van der Waals surface area contributed by atoms with Crippen molar-refractivity contribution < 1.29 is 9.90 Å². The molecule has 0 aliphatic heterocycles. The van der Waals surface area contributed by atoms with E-state index in [1.807, 2.05) is 14.1 Å². The lowest BCUT2D eigenvalue weighted by Crippen LogP contribution is -2.58. The predicted octanol–water partition coefficient (Wildman–Crippen LogP) is 7.48.